The van der Waals surface area contributed by atoms with Crippen LogP contribution in [-0.4, -0.2) is 53.2 Å². The van der Waals surface area contributed by atoms with E-state index in [0.717, 1.165) is 22.3 Å². The van der Waals surface area contributed by atoms with Gasteiger partial charge in [-0.1, -0.05) is 69.3 Å². The minimum atomic E-state index is -0.826. The number of nitrogens with one attached hydrogen (secondary N) is 1. The van der Waals surface area contributed by atoms with E-state index in [1.165, 1.54) is 0 Å². The van der Waals surface area contributed by atoms with E-state index in [9.17, 15) is 19.5 Å². The van der Waals surface area contributed by atoms with Gasteiger partial charge in [0.15, 0.2) is 0 Å². The van der Waals surface area contributed by atoms with Crippen molar-refractivity contribution in [3.8, 4) is 11.1 Å². The van der Waals surface area contributed by atoms with Crippen LogP contribution in [0.4, 0.5) is 4.79 Å². The number of hydrogen-bond acceptors (Lipinski definition) is 4. The van der Waals surface area contributed by atoms with Gasteiger partial charge in [-0.3, -0.25) is 9.59 Å². The third-order valence-corrected chi connectivity index (χ3v) is 7.23. The fraction of sp³-hybridized carbons (Fsp3) is 0.464. The van der Waals surface area contributed by atoms with Gasteiger partial charge in [-0.25, -0.2) is 4.79 Å². The van der Waals surface area contributed by atoms with Crippen LogP contribution >= 0.6 is 0 Å². The fourth-order valence-corrected chi connectivity index (χ4v) is 5.30. The van der Waals surface area contributed by atoms with E-state index in [-0.39, 0.29) is 24.5 Å². The van der Waals surface area contributed by atoms with E-state index in [1.54, 1.807) is 4.90 Å². The second-order valence-corrected chi connectivity index (χ2v) is 10.7. The normalized spacial score (nSPS) is 20.5. The molecule has 4 rings (SSSR count). The molecule has 0 unspecified atom stereocenters. The summed E-state index contributed by atoms with van der Waals surface area (Å²) in [6, 6.07) is 15.3. The summed E-state index contributed by atoms with van der Waals surface area (Å²) in [6.07, 6.45) is 0.184. The quantitative estimate of drug-likeness (QED) is 0.652. The van der Waals surface area contributed by atoms with Crippen LogP contribution in [0.3, 0.4) is 0 Å². The Morgan fingerprint density at radius 1 is 1.06 bits per heavy atom. The molecule has 0 saturated carbocycles. The van der Waals surface area contributed by atoms with Crippen molar-refractivity contribution in [2.24, 2.45) is 11.3 Å². The maximum absolute atomic E-state index is 13.5. The Hall–Kier alpha value is -3.35. The van der Waals surface area contributed by atoms with Gasteiger partial charge in [-0.05, 0) is 47.4 Å². The van der Waals surface area contributed by atoms with Gasteiger partial charge in [-0.15, -0.1) is 0 Å². The number of nitrogens with zero attached hydrogens (tertiary/aromatic N) is 1. The highest BCUT2D eigenvalue weighted by molar-refractivity contribution is 5.87. The van der Waals surface area contributed by atoms with Crippen molar-refractivity contribution in [1.82, 2.24) is 10.2 Å². The third kappa shape index (κ3) is 5.04. The fourth-order valence-electron chi connectivity index (χ4n) is 5.30. The van der Waals surface area contributed by atoms with Crippen molar-refractivity contribution in [1.29, 1.82) is 0 Å². The standard InChI is InChI=1S/C28H34N2O5/c1-17-15-18(26(32)33)13-14-30(17)25(31)24(28(2,3)4)29-27(34)35-16-23-21-11-7-5-9-19(21)20-10-6-8-12-22(20)23/h5-12,17-18,23-24H,13-16H2,1-4H3,(H,29,34)(H,32,33)/t17-,18-,24+/m1/s1. The number of carboxylic acids is 1. The lowest BCUT2D eigenvalue weighted by molar-refractivity contribution is -0.149. The number of rotatable bonds is 5. The summed E-state index contributed by atoms with van der Waals surface area (Å²) in [5, 5.41) is 12.1. The molecule has 1 saturated heterocycles. The Morgan fingerprint density at radius 2 is 1.63 bits per heavy atom. The molecule has 0 aromatic heterocycles. The molecule has 2 aliphatic rings. The molecular weight excluding hydrogens is 444 g/mol. The lowest BCUT2D eigenvalue weighted by atomic mass is 9.84. The average Bonchev–Trinajstić information content (AvgIpc) is 3.13. The number of carboxylic acid groups (broad SMARTS) is 1. The van der Waals surface area contributed by atoms with Gasteiger partial charge in [0, 0.05) is 18.5 Å². The summed E-state index contributed by atoms with van der Waals surface area (Å²) in [5.41, 5.74) is 4.00. The van der Waals surface area contributed by atoms with Crippen LogP contribution in [0.2, 0.25) is 0 Å². The largest absolute Gasteiger partial charge is 0.481 e. The predicted octanol–water partition coefficient (Wildman–Crippen LogP) is 4.65. The van der Waals surface area contributed by atoms with Gasteiger partial charge < -0.3 is 20.1 Å². The van der Waals surface area contributed by atoms with Gasteiger partial charge in [0.25, 0.3) is 0 Å². The lowest BCUT2D eigenvalue weighted by Gasteiger charge is -2.41. The molecule has 1 heterocycles. The molecule has 2 N–H and O–H groups in total. The van der Waals surface area contributed by atoms with Crippen LogP contribution in [-0.2, 0) is 14.3 Å². The minimum absolute atomic E-state index is 0.0630. The zero-order valence-electron chi connectivity index (χ0n) is 20.8. The van der Waals surface area contributed by atoms with Crippen LogP contribution in [0.1, 0.15) is 57.6 Å². The molecule has 1 fully saturated rings. The molecule has 3 atom stereocenters. The number of aliphatic carboxylic acids is 1. The highest BCUT2D eigenvalue weighted by atomic mass is 16.5. The number of fused-ring (bicyclic) bond motifs is 3. The molecule has 7 heteroatoms. The van der Waals surface area contributed by atoms with Gasteiger partial charge in [0.2, 0.25) is 5.91 Å². The van der Waals surface area contributed by atoms with Crippen molar-refractivity contribution < 1.29 is 24.2 Å². The van der Waals surface area contributed by atoms with E-state index in [4.69, 9.17) is 4.74 Å². The second kappa shape index (κ2) is 9.72. The Morgan fingerprint density at radius 3 is 2.14 bits per heavy atom. The van der Waals surface area contributed by atoms with E-state index in [1.807, 2.05) is 52.0 Å². The smallest absolute Gasteiger partial charge is 0.407 e. The summed E-state index contributed by atoms with van der Waals surface area (Å²) in [5.74, 6) is -1.54. The summed E-state index contributed by atoms with van der Waals surface area (Å²) in [6.45, 7) is 8.08. The third-order valence-electron chi connectivity index (χ3n) is 7.23. The van der Waals surface area contributed by atoms with Crippen LogP contribution in [0.5, 0.6) is 0 Å². The number of alkyl carbamates (subject to hydrolysis) is 1. The second-order valence-electron chi connectivity index (χ2n) is 10.7. The van der Waals surface area contributed by atoms with Crippen molar-refractivity contribution in [3.63, 3.8) is 0 Å². The molecular formula is C28H34N2O5. The highest BCUT2D eigenvalue weighted by Gasteiger charge is 2.40. The van der Waals surface area contributed by atoms with E-state index in [2.05, 4.69) is 29.6 Å². The van der Waals surface area contributed by atoms with Crippen LogP contribution in [0, 0.1) is 11.3 Å². The van der Waals surface area contributed by atoms with E-state index >= 15 is 0 Å². The molecule has 7 nitrogen and oxygen atoms in total. The maximum atomic E-state index is 13.5. The molecule has 0 spiro atoms. The Balaban J connectivity index is 1.44. The monoisotopic (exact) mass is 478 g/mol. The molecule has 2 aromatic carbocycles. The number of carbonyl (C=O) groups is 3. The SMILES string of the molecule is C[C@@H]1C[C@H](C(=O)O)CCN1C(=O)[C@H](NC(=O)OCC1c2ccccc2-c2ccccc21)C(C)(C)C. The Bertz CT molecular complexity index is 1080. The first-order valence-electron chi connectivity index (χ1n) is 12.2. The topological polar surface area (TPSA) is 95.9 Å². The van der Waals surface area contributed by atoms with Crippen LogP contribution in [0.15, 0.2) is 48.5 Å². The number of likely N-dealkylation sites (tertiary alicyclic amines) is 1. The number of benzene rings is 2. The van der Waals surface area contributed by atoms with E-state index in [0.29, 0.717) is 19.4 Å². The first-order valence-corrected chi connectivity index (χ1v) is 12.2. The van der Waals surface area contributed by atoms with Crippen LogP contribution < -0.4 is 5.32 Å². The Labute approximate surface area is 206 Å². The molecule has 1 aliphatic carbocycles. The number of piperidine rings is 1. The van der Waals surface area contributed by atoms with Crippen molar-refractivity contribution in [3.05, 3.63) is 59.7 Å². The lowest BCUT2D eigenvalue weighted by Crippen LogP contribution is -2.58. The minimum Gasteiger partial charge on any atom is -0.481 e. The van der Waals surface area contributed by atoms with Gasteiger partial charge in [-0.2, -0.15) is 0 Å². The molecule has 2 aromatic rings. The van der Waals surface area contributed by atoms with Gasteiger partial charge in [0.1, 0.15) is 12.6 Å². The molecule has 0 bridgehead atoms. The molecule has 2 amide bonds. The maximum Gasteiger partial charge on any atom is 0.407 e. The van der Waals surface area contributed by atoms with Crippen molar-refractivity contribution in [2.75, 3.05) is 13.2 Å². The van der Waals surface area contributed by atoms with Gasteiger partial charge >= 0.3 is 12.1 Å². The van der Waals surface area contributed by atoms with Crippen molar-refractivity contribution in [2.45, 2.75) is 58.5 Å². The molecule has 0 radical (unpaired) electrons. The first kappa shape index (κ1) is 24.8. The highest BCUT2D eigenvalue weighted by Crippen LogP contribution is 2.44. The molecule has 186 valence electrons. The summed E-state index contributed by atoms with van der Waals surface area (Å²) in [7, 11) is 0. The van der Waals surface area contributed by atoms with Crippen molar-refractivity contribution >= 4 is 18.0 Å². The van der Waals surface area contributed by atoms with E-state index < -0.39 is 29.4 Å². The number of amides is 2. The average molecular weight is 479 g/mol. The Kier molecular flexibility index (Phi) is 6.88. The predicted molar refractivity (Wildman–Crippen MR) is 133 cm³/mol. The summed E-state index contributed by atoms with van der Waals surface area (Å²) in [4.78, 5) is 39.4. The zero-order valence-corrected chi connectivity index (χ0v) is 20.8. The van der Waals surface area contributed by atoms with Crippen LogP contribution in [0.25, 0.3) is 11.1 Å². The number of hydrogen-bond donors (Lipinski definition) is 2. The first-order chi connectivity index (χ1) is 16.6. The number of carbonyl (C=O) groups excluding carboxylic acids is 2. The molecule has 35 heavy (non-hydrogen) atoms. The van der Waals surface area contributed by atoms with Gasteiger partial charge in [0.05, 0.1) is 5.92 Å². The molecule has 1 aliphatic heterocycles. The zero-order chi connectivity index (χ0) is 25.3. The summed E-state index contributed by atoms with van der Waals surface area (Å²) < 4.78 is 5.68. The number of ether oxygens (including phenoxy) is 1. The summed E-state index contributed by atoms with van der Waals surface area (Å²) >= 11 is 0.